The molecule has 0 aliphatic heterocycles. The van der Waals surface area contributed by atoms with E-state index in [1.807, 2.05) is 26.0 Å². The van der Waals surface area contributed by atoms with E-state index >= 15 is 0 Å². The maximum absolute atomic E-state index is 12.8. The third-order valence-electron chi connectivity index (χ3n) is 5.13. The average Bonchev–Trinajstić information content (AvgIpc) is 2.70. The second-order valence-corrected chi connectivity index (χ2v) is 9.74. The minimum atomic E-state index is -3.71. The van der Waals surface area contributed by atoms with Crippen molar-refractivity contribution in [2.75, 3.05) is 31.3 Å². The van der Waals surface area contributed by atoms with E-state index in [9.17, 15) is 13.2 Å². The van der Waals surface area contributed by atoms with Gasteiger partial charge in [0.05, 0.1) is 32.2 Å². The zero-order valence-electron chi connectivity index (χ0n) is 19.2. The SMILES string of the molecule is COc1cc(C)c(C(C)NC(=O)CN(c2ccccc2OC)S(C)(=O)=O)cc1C(C)C. The molecule has 7 nitrogen and oxygen atoms in total. The summed E-state index contributed by atoms with van der Waals surface area (Å²) in [7, 11) is -0.605. The number of para-hydroxylation sites is 2. The van der Waals surface area contributed by atoms with E-state index in [-0.39, 0.29) is 18.5 Å². The van der Waals surface area contributed by atoms with Gasteiger partial charge in [0.1, 0.15) is 18.0 Å². The number of ether oxygens (including phenoxy) is 2. The molecule has 2 rings (SSSR count). The topological polar surface area (TPSA) is 84.9 Å². The highest BCUT2D eigenvalue weighted by Gasteiger charge is 2.25. The number of hydrogen-bond acceptors (Lipinski definition) is 5. The van der Waals surface area contributed by atoms with Crippen molar-refractivity contribution in [2.45, 2.75) is 39.7 Å². The lowest BCUT2D eigenvalue weighted by Gasteiger charge is -2.25. The largest absolute Gasteiger partial charge is 0.496 e. The molecule has 31 heavy (non-hydrogen) atoms. The number of rotatable bonds is 9. The Morgan fingerprint density at radius 2 is 1.65 bits per heavy atom. The highest BCUT2D eigenvalue weighted by atomic mass is 32.2. The van der Waals surface area contributed by atoms with Crippen LogP contribution in [0.2, 0.25) is 0 Å². The summed E-state index contributed by atoms with van der Waals surface area (Å²) < 4.78 is 36.6. The Labute approximate surface area is 185 Å². The fourth-order valence-corrected chi connectivity index (χ4v) is 4.38. The summed E-state index contributed by atoms with van der Waals surface area (Å²) in [6.07, 6.45) is 1.07. The summed E-state index contributed by atoms with van der Waals surface area (Å²) in [6, 6.07) is 10.4. The van der Waals surface area contributed by atoms with Gasteiger partial charge in [0.15, 0.2) is 0 Å². The van der Waals surface area contributed by atoms with Gasteiger partial charge in [0.2, 0.25) is 15.9 Å². The van der Waals surface area contributed by atoms with Crippen LogP contribution in [-0.2, 0) is 14.8 Å². The number of nitrogens with zero attached hydrogens (tertiary/aromatic N) is 1. The maximum atomic E-state index is 12.8. The molecule has 0 fully saturated rings. The number of anilines is 1. The van der Waals surface area contributed by atoms with Gasteiger partial charge in [0, 0.05) is 0 Å². The number of nitrogens with one attached hydrogen (secondary N) is 1. The number of carbonyl (C=O) groups is 1. The first-order valence-electron chi connectivity index (χ1n) is 10.1. The van der Waals surface area contributed by atoms with E-state index in [1.165, 1.54) is 7.11 Å². The number of methoxy groups -OCH3 is 2. The molecule has 2 aromatic carbocycles. The number of sulfonamides is 1. The highest BCUT2D eigenvalue weighted by Crippen LogP contribution is 2.32. The van der Waals surface area contributed by atoms with Crippen molar-refractivity contribution in [2.24, 2.45) is 0 Å². The van der Waals surface area contributed by atoms with Crippen molar-refractivity contribution in [1.82, 2.24) is 5.32 Å². The summed E-state index contributed by atoms with van der Waals surface area (Å²) in [4.78, 5) is 12.8. The van der Waals surface area contributed by atoms with Crippen LogP contribution in [0.25, 0.3) is 0 Å². The minimum absolute atomic E-state index is 0.253. The number of hydrogen-bond donors (Lipinski definition) is 1. The van der Waals surface area contributed by atoms with Crippen molar-refractivity contribution >= 4 is 21.6 Å². The van der Waals surface area contributed by atoms with Crippen molar-refractivity contribution in [3.63, 3.8) is 0 Å². The molecule has 0 saturated carbocycles. The molecule has 1 amide bonds. The zero-order chi connectivity index (χ0) is 23.3. The van der Waals surface area contributed by atoms with E-state index in [1.54, 1.807) is 31.4 Å². The Hall–Kier alpha value is -2.74. The molecule has 1 unspecified atom stereocenters. The second kappa shape index (κ2) is 10.0. The number of amides is 1. The maximum Gasteiger partial charge on any atom is 0.241 e. The normalized spacial score (nSPS) is 12.4. The Bertz CT molecular complexity index is 1030. The van der Waals surface area contributed by atoms with Crippen LogP contribution in [0, 0.1) is 6.92 Å². The van der Waals surface area contributed by atoms with Gasteiger partial charge in [-0.1, -0.05) is 26.0 Å². The highest BCUT2D eigenvalue weighted by molar-refractivity contribution is 7.92. The van der Waals surface area contributed by atoms with Gasteiger partial charge >= 0.3 is 0 Å². The van der Waals surface area contributed by atoms with Crippen LogP contribution in [0.1, 0.15) is 49.4 Å². The van der Waals surface area contributed by atoms with E-state index in [0.29, 0.717) is 11.4 Å². The lowest BCUT2D eigenvalue weighted by atomic mass is 9.93. The first-order chi connectivity index (χ1) is 14.5. The van der Waals surface area contributed by atoms with Crippen LogP contribution in [0.5, 0.6) is 11.5 Å². The molecule has 0 aromatic heterocycles. The van der Waals surface area contributed by atoms with Crippen molar-refractivity contribution in [1.29, 1.82) is 0 Å². The molecule has 0 aliphatic rings. The van der Waals surface area contributed by atoms with Crippen LogP contribution in [0.3, 0.4) is 0 Å². The van der Waals surface area contributed by atoms with Crippen molar-refractivity contribution < 1.29 is 22.7 Å². The first kappa shape index (κ1) is 24.5. The van der Waals surface area contributed by atoms with E-state index in [4.69, 9.17) is 9.47 Å². The Morgan fingerprint density at radius 1 is 1.03 bits per heavy atom. The third kappa shape index (κ3) is 5.91. The predicted molar refractivity (Wildman–Crippen MR) is 124 cm³/mol. The van der Waals surface area contributed by atoms with Gasteiger partial charge in [-0.05, 0) is 60.7 Å². The lowest BCUT2D eigenvalue weighted by molar-refractivity contribution is -0.120. The quantitative estimate of drug-likeness (QED) is 0.631. The summed E-state index contributed by atoms with van der Waals surface area (Å²) in [5.41, 5.74) is 3.31. The Kier molecular flexibility index (Phi) is 7.95. The predicted octanol–water partition coefficient (Wildman–Crippen LogP) is 3.78. The van der Waals surface area contributed by atoms with Crippen LogP contribution in [0.15, 0.2) is 36.4 Å². The van der Waals surface area contributed by atoms with Gasteiger partial charge in [-0.3, -0.25) is 9.10 Å². The van der Waals surface area contributed by atoms with E-state index in [2.05, 4.69) is 19.2 Å². The summed E-state index contributed by atoms with van der Waals surface area (Å²) in [6.45, 7) is 7.65. The smallest absolute Gasteiger partial charge is 0.241 e. The lowest BCUT2D eigenvalue weighted by Crippen LogP contribution is -2.41. The van der Waals surface area contributed by atoms with Crippen LogP contribution >= 0.6 is 0 Å². The van der Waals surface area contributed by atoms with Gasteiger partial charge in [-0.2, -0.15) is 0 Å². The van der Waals surface area contributed by atoms with Gasteiger partial charge in [-0.25, -0.2) is 8.42 Å². The molecule has 1 N–H and O–H groups in total. The molecular weight excluding hydrogens is 416 g/mol. The number of aryl methyl sites for hydroxylation is 1. The van der Waals surface area contributed by atoms with Crippen LogP contribution in [-0.4, -0.2) is 41.3 Å². The standard InChI is InChI=1S/C23H32N2O5S/c1-15(2)18-13-19(16(3)12-22(18)30-6)17(4)24-23(26)14-25(31(7,27)28)20-10-8-9-11-21(20)29-5/h8-13,15,17H,14H2,1-7H3,(H,24,26). The summed E-state index contributed by atoms with van der Waals surface area (Å²) >= 11 is 0. The molecule has 2 aromatic rings. The van der Waals surface area contributed by atoms with Gasteiger partial charge in [0.25, 0.3) is 0 Å². The molecule has 170 valence electrons. The molecule has 1 atom stereocenters. The molecule has 0 heterocycles. The van der Waals surface area contributed by atoms with E-state index < -0.39 is 15.9 Å². The minimum Gasteiger partial charge on any atom is -0.496 e. The van der Waals surface area contributed by atoms with Gasteiger partial charge in [-0.15, -0.1) is 0 Å². The average molecular weight is 449 g/mol. The van der Waals surface area contributed by atoms with Crippen LogP contribution < -0.4 is 19.1 Å². The molecule has 0 aliphatic carbocycles. The molecule has 0 spiro atoms. The molecule has 0 bridgehead atoms. The first-order valence-corrected chi connectivity index (χ1v) is 11.9. The van der Waals surface area contributed by atoms with Gasteiger partial charge < -0.3 is 14.8 Å². The second-order valence-electron chi connectivity index (χ2n) is 7.84. The monoisotopic (exact) mass is 448 g/mol. The van der Waals surface area contributed by atoms with E-state index in [0.717, 1.165) is 33.0 Å². The fourth-order valence-electron chi connectivity index (χ4n) is 3.52. The molecule has 0 saturated heterocycles. The Balaban J connectivity index is 2.28. The summed E-state index contributed by atoms with van der Waals surface area (Å²) in [5.74, 6) is 1.03. The fraction of sp³-hybridized carbons (Fsp3) is 0.435. The van der Waals surface area contributed by atoms with Crippen molar-refractivity contribution in [3.05, 3.63) is 53.1 Å². The number of benzene rings is 2. The van der Waals surface area contributed by atoms with Crippen molar-refractivity contribution in [3.8, 4) is 11.5 Å². The summed E-state index contributed by atoms with van der Waals surface area (Å²) in [5, 5.41) is 2.92. The Morgan fingerprint density at radius 3 is 2.19 bits per heavy atom. The van der Waals surface area contributed by atoms with Crippen LogP contribution in [0.4, 0.5) is 5.69 Å². The molecular formula is C23H32N2O5S. The molecule has 0 radical (unpaired) electrons. The molecule has 8 heteroatoms. The third-order valence-corrected chi connectivity index (χ3v) is 6.25. The zero-order valence-corrected chi connectivity index (χ0v) is 20.0. The number of carbonyl (C=O) groups excluding carboxylic acids is 1.